The number of nitro benzene ring substituents is 1. The Morgan fingerprint density at radius 1 is 1.29 bits per heavy atom. The maximum absolute atomic E-state index is 12.3. The average Bonchev–Trinajstić information content (AvgIpc) is 2.36. The summed E-state index contributed by atoms with van der Waals surface area (Å²) in [5.74, 6) is 0. The Bertz CT molecular complexity index is 635. The van der Waals surface area contributed by atoms with Crippen LogP contribution < -0.4 is 10.0 Å². The Morgan fingerprint density at radius 3 is 2.29 bits per heavy atom. The molecule has 2 N–H and O–H groups in total. The monoisotopic (exact) mass is 315 g/mol. The quantitative estimate of drug-likeness (QED) is 0.641. The van der Waals surface area contributed by atoms with E-state index < -0.39 is 14.9 Å². The van der Waals surface area contributed by atoms with Gasteiger partial charge in [0.2, 0.25) is 10.0 Å². The minimum absolute atomic E-state index is 0.00597. The van der Waals surface area contributed by atoms with E-state index in [0.29, 0.717) is 0 Å². The molecule has 0 aromatic heterocycles. The zero-order chi connectivity index (χ0) is 16.4. The number of nitro groups is 1. The minimum Gasteiger partial charge on any atom is -0.383 e. The molecule has 1 rings (SSSR count). The summed E-state index contributed by atoms with van der Waals surface area (Å²) in [5, 5.41) is 13.5. The van der Waals surface area contributed by atoms with Gasteiger partial charge in [-0.05, 0) is 24.5 Å². The number of hydrogen-bond acceptors (Lipinski definition) is 5. The summed E-state index contributed by atoms with van der Waals surface area (Å²) in [4.78, 5) is 10.3. The maximum atomic E-state index is 12.3. The molecule has 118 valence electrons. The van der Waals surface area contributed by atoms with Crippen LogP contribution in [-0.4, -0.2) is 26.4 Å². The van der Waals surface area contributed by atoms with Gasteiger partial charge in [0.15, 0.2) is 0 Å². The van der Waals surface area contributed by atoms with Gasteiger partial charge in [-0.3, -0.25) is 10.1 Å². The Balaban J connectivity index is 3.18. The number of hydrogen-bond donors (Lipinski definition) is 2. The van der Waals surface area contributed by atoms with Gasteiger partial charge in [0.25, 0.3) is 5.69 Å². The van der Waals surface area contributed by atoms with Crippen molar-refractivity contribution in [1.29, 1.82) is 0 Å². The number of anilines is 1. The highest BCUT2D eigenvalue weighted by atomic mass is 32.2. The van der Waals surface area contributed by atoms with Gasteiger partial charge >= 0.3 is 0 Å². The zero-order valence-corrected chi connectivity index (χ0v) is 13.6. The van der Waals surface area contributed by atoms with Crippen molar-refractivity contribution in [3.05, 3.63) is 28.3 Å². The van der Waals surface area contributed by atoms with Crippen molar-refractivity contribution in [3.63, 3.8) is 0 Å². The molecule has 1 atom stereocenters. The van der Waals surface area contributed by atoms with Gasteiger partial charge in [-0.1, -0.05) is 20.8 Å². The molecule has 1 aromatic rings. The molecule has 1 aromatic carbocycles. The predicted molar refractivity (Wildman–Crippen MR) is 81.9 cm³/mol. The molecule has 0 radical (unpaired) electrons. The number of sulfonamides is 1. The van der Waals surface area contributed by atoms with Crippen molar-refractivity contribution in [2.45, 2.75) is 38.6 Å². The van der Waals surface area contributed by atoms with E-state index in [1.54, 1.807) is 6.92 Å². The number of nitrogens with zero attached hydrogens (tertiary/aromatic N) is 1. The summed E-state index contributed by atoms with van der Waals surface area (Å²) in [6.45, 7) is 7.56. The Labute approximate surface area is 124 Å². The first-order valence-corrected chi connectivity index (χ1v) is 7.96. The van der Waals surface area contributed by atoms with E-state index in [9.17, 15) is 18.5 Å². The average molecular weight is 315 g/mol. The fourth-order valence-corrected chi connectivity index (χ4v) is 2.99. The summed E-state index contributed by atoms with van der Waals surface area (Å²) < 4.78 is 27.2. The first kappa shape index (κ1) is 17.4. The van der Waals surface area contributed by atoms with Crippen molar-refractivity contribution < 1.29 is 13.3 Å². The van der Waals surface area contributed by atoms with Crippen LogP contribution in [0.5, 0.6) is 0 Å². The first-order valence-electron chi connectivity index (χ1n) is 6.47. The predicted octanol–water partition coefficient (Wildman–Crippen LogP) is 2.35. The maximum Gasteiger partial charge on any atom is 0.292 e. The molecular formula is C13H21N3O4S. The second-order valence-corrected chi connectivity index (χ2v) is 7.61. The van der Waals surface area contributed by atoms with Crippen LogP contribution in [0.25, 0.3) is 0 Å². The van der Waals surface area contributed by atoms with Gasteiger partial charge < -0.3 is 5.32 Å². The van der Waals surface area contributed by atoms with Crippen LogP contribution in [-0.2, 0) is 10.0 Å². The molecule has 0 aliphatic carbocycles. The summed E-state index contributed by atoms with van der Waals surface area (Å²) in [7, 11) is -2.23. The lowest BCUT2D eigenvalue weighted by Crippen LogP contribution is -2.41. The Morgan fingerprint density at radius 2 is 1.86 bits per heavy atom. The van der Waals surface area contributed by atoms with E-state index in [4.69, 9.17) is 0 Å². The lowest BCUT2D eigenvalue weighted by atomic mass is 9.89. The third kappa shape index (κ3) is 4.15. The molecule has 0 fully saturated rings. The Hall–Kier alpha value is -1.67. The van der Waals surface area contributed by atoms with E-state index >= 15 is 0 Å². The number of nitrogens with one attached hydrogen (secondary N) is 2. The fraction of sp³-hybridized carbons (Fsp3) is 0.538. The van der Waals surface area contributed by atoms with Crippen LogP contribution >= 0.6 is 0 Å². The topological polar surface area (TPSA) is 101 Å². The van der Waals surface area contributed by atoms with Crippen LogP contribution in [0.3, 0.4) is 0 Å². The molecule has 21 heavy (non-hydrogen) atoms. The molecule has 0 saturated carbocycles. The molecule has 0 aliphatic heterocycles. The lowest BCUT2D eigenvalue weighted by Gasteiger charge is -2.27. The summed E-state index contributed by atoms with van der Waals surface area (Å²) in [5.41, 5.74) is -0.244. The van der Waals surface area contributed by atoms with Crippen LogP contribution in [0.15, 0.2) is 23.1 Å². The molecule has 8 heteroatoms. The van der Waals surface area contributed by atoms with E-state index in [1.807, 2.05) is 20.8 Å². The van der Waals surface area contributed by atoms with E-state index in [-0.39, 0.29) is 27.7 Å². The molecule has 0 saturated heterocycles. The van der Waals surface area contributed by atoms with Gasteiger partial charge in [0.1, 0.15) is 5.69 Å². The molecule has 0 bridgehead atoms. The molecule has 0 spiro atoms. The molecule has 1 unspecified atom stereocenters. The SMILES string of the molecule is CNc1cc(S(=O)(=O)NC(C)C(C)(C)C)ccc1[N+](=O)[O-]. The number of rotatable bonds is 5. The van der Waals surface area contributed by atoms with Crippen LogP contribution in [0.4, 0.5) is 11.4 Å². The third-order valence-corrected chi connectivity index (χ3v) is 4.91. The van der Waals surface area contributed by atoms with Crippen LogP contribution in [0.1, 0.15) is 27.7 Å². The second kappa shape index (κ2) is 5.98. The minimum atomic E-state index is -3.73. The van der Waals surface area contributed by atoms with Crippen LogP contribution in [0, 0.1) is 15.5 Å². The first-order chi connectivity index (χ1) is 9.49. The summed E-state index contributed by atoms with van der Waals surface area (Å²) in [6, 6.07) is 3.39. The largest absolute Gasteiger partial charge is 0.383 e. The van der Waals surface area contributed by atoms with Gasteiger partial charge in [-0.25, -0.2) is 13.1 Å². The molecule has 0 aliphatic rings. The normalized spacial score (nSPS) is 13.8. The zero-order valence-electron chi connectivity index (χ0n) is 12.8. The number of benzene rings is 1. The van der Waals surface area contributed by atoms with E-state index in [1.165, 1.54) is 25.2 Å². The molecular weight excluding hydrogens is 294 g/mol. The molecule has 0 amide bonds. The highest BCUT2D eigenvalue weighted by Crippen LogP contribution is 2.28. The van der Waals surface area contributed by atoms with Crippen molar-refractivity contribution in [2.24, 2.45) is 5.41 Å². The van der Waals surface area contributed by atoms with Crippen molar-refractivity contribution in [1.82, 2.24) is 4.72 Å². The molecule has 0 heterocycles. The smallest absolute Gasteiger partial charge is 0.292 e. The Kier molecular flexibility index (Phi) is 4.95. The highest BCUT2D eigenvalue weighted by molar-refractivity contribution is 7.89. The molecule has 7 nitrogen and oxygen atoms in total. The van der Waals surface area contributed by atoms with Crippen molar-refractivity contribution in [2.75, 3.05) is 12.4 Å². The van der Waals surface area contributed by atoms with Crippen molar-refractivity contribution in [3.8, 4) is 0 Å². The highest BCUT2D eigenvalue weighted by Gasteiger charge is 2.27. The lowest BCUT2D eigenvalue weighted by molar-refractivity contribution is -0.384. The third-order valence-electron chi connectivity index (χ3n) is 3.38. The van der Waals surface area contributed by atoms with E-state index in [0.717, 1.165) is 0 Å². The van der Waals surface area contributed by atoms with Crippen LogP contribution in [0.2, 0.25) is 0 Å². The van der Waals surface area contributed by atoms with E-state index in [2.05, 4.69) is 10.0 Å². The van der Waals surface area contributed by atoms with Gasteiger partial charge in [-0.2, -0.15) is 0 Å². The van der Waals surface area contributed by atoms with Gasteiger partial charge in [0, 0.05) is 19.2 Å². The summed E-state index contributed by atoms with van der Waals surface area (Å²) in [6.07, 6.45) is 0. The second-order valence-electron chi connectivity index (χ2n) is 5.90. The fourth-order valence-electron chi connectivity index (χ4n) is 1.52. The van der Waals surface area contributed by atoms with Crippen molar-refractivity contribution >= 4 is 21.4 Å². The summed E-state index contributed by atoms with van der Waals surface area (Å²) >= 11 is 0. The van der Waals surface area contributed by atoms with Gasteiger partial charge in [-0.15, -0.1) is 0 Å². The van der Waals surface area contributed by atoms with Gasteiger partial charge in [0.05, 0.1) is 9.82 Å². The standard InChI is InChI=1S/C13H21N3O4S/c1-9(13(2,3)4)15-21(19,20)10-6-7-12(16(17)18)11(8-10)14-5/h6-9,14-15H,1-5H3.